The minimum atomic E-state index is -0.608. The summed E-state index contributed by atoms with van der Waals surface area (Å²) in [6.07, 6.45) is 4.29. The fourth-order valence-electron chi connectivity index (χ4n) is 3.64. The molecule has 2 aromatic carbocycles. The molecular formula is C24H22N2O5. The number of fused-ring (bicyclic) bond motifs is 1. The minimum Gasteiger partial charge on any atom is -0.459 e. The molecule has 2 amide bonds. The number of carbonyl (C=O) groups excluding carboxylic acids is 3. The number of aryl methyl sites for hydroxylation is 1. The van der Waals surface area contributed by atoms with Crippen LogP contribution in [0.5, 0.6) is 0 Å². The van der Waals surface area contributed by atoms with Gasteiger partial charge in [0.15, 0.2) is 12.4 Å². The first-order chi connectivity index (χ1) is 15.1. The van der Waals surface area contributed by atoms with Gasteiger partial charge in [0.05, 0.1) is 17.9 Å². The van der Waals surface area contributed by atoms with E-state index in [2.05, 4.69) is 16.7 Å². The van der Waals surface area contributed by atoms with Gasteiger partial charge in [0.25, 0.3) is 11.8 Å². The summed E-state index contributed by atoms with van der Waals surface area (Å²) in [6.45, 7) is -0.353. The molecule has 0 saturated heterocycles. The smallest absolute Gasteiger partial charge is 0.338 e. The van der Waals surface area contributed by atoms with Crippen molar-refractivity contribution >= 4 is 23.5 Å². The van der Waals surface area contributed by atoms with Crippen LogP contribution >= 0.6 is 0 Å². The summed E-state index contributed by atoms with van der Waals surface area (Å²) < 4.78 is 10.2. The summed E-state index contributed by atoms with van der Waals surface area (Å²) in [5.74, 6) is -1.14. The van der Waals surface area contributed by atoms with Gasteiger partial charge in [0.1, 0.15) is 0 Å². The van der Waals surface area contributed by atoms with E-state index in [0.717, 1.165) is 24.8 Å². The third-order valence-corrected chi connectivity index (χ3v) is 5.16. The molecule has 1 heterocycles. The van der Waals surface area contributed by atoms with Crippen molar-refractivity contribution in [1.82, 2.24) is 5.32 Å². The van der Waals surface area contributed by atoms with Crippen molar-refractivity contribution in [2.24, 2.45) is 0 Å². The van der Waals surface area contributed by atoms with Crippen molar-refractivity contribution in [2.75, 3.05) is 11.9 Å². The van der Waals surface area contributed by atoms with E-state index in [9.17, 15) is 14.4 Å². The van der Waals surface area contributed by atoms with E-state index in [1.165, 1.54) is 24.0 Å². The van der Waals surface area contributed by atoms with Crippen LogP contribution in [0.4, 0.5) is 5.69 Å². The molecule has 1 aliphatic rings. The van der Waals surface area contributed by atoms with Crippen LogP contribution in [0, 0.1) is 0 Å². The third-order valence-electron chi connectivity index (χ3n) is 5.16. The van der Waals surface area contributed by atoms with Crippen molar-refractivity contribution in [3.8, 4) is 0 Å². The average molecular weight is 418 g/mol. The Kier molecular flexibility index (Phi) is 6.12. The molecule has 1 aromatic heterocycles. The Labute approximate surface area is 179 Å². The largest absolute Gasteiger partial charge is 0.459 e. The summed E-state index contributed by atoms with van der Waals surface area (Å²) in [6, 6.07) is 17.4. The number of furan rings is 1. The number of rotatable bonds is 6. The van der Waals surface area contributed by atoms with Gasteiger partial charge in [0, 0.05) is 5.69 Å². The molecule has 158 valence electrons. The maximum atomic E-state index is 12.3. The number of hydrogen-bond donors (Lipinski definition) is 2. The van der Waals surface area contributed by atoms with Crippen LogP contribution in [0.1, 0.15) is 50.9 Å². The number of nitrogens with one attached hydrogen (secondary N) is 2. The highest BCUT2D eigenvalue weighted by Crippen LogP contribution is 2.29. The molecule has 0 unspecified atom stereocenters. The summed E-state index contributed by atoms with van der Waals surface area (Å²) in [5, 5.41) is 5.62. The molecule has 7 heteroatoms. The van der Waals surface area contributed by atoms with Crippen molar-refractivity contribution < 1.29 is 23.5 Å². The number of ether oxygens (including phenoxy) is 1. The summed E-state index contributed by atoms with van der Waals surface area (Å²) >= 11 is 0. The van der Waals surface area contributed by atoms with Gasteiger partial charge in [-0.15, -0.1) is 0 Å². The van der Waals surface area contributed by atoms with E-state index in [-0.39, 0.29) is 35.8 Å². The monoisotopic (exact) mass is 418 g/mol. The molecule has 7 nitrogen and oxygen atoms in total. The zero-order valence-corrected chi connectivity index (χ0v) is 16.8. The second kappa shape index (κ2) is 9.30. The quantitative estimate of drug-likeness (QED) is 0.592. The Bertz CT molecular complexity index is 1070. The molecule has 3 aromatic rings. The number of hydrogen-bond acceptors (Lipinski definition) is 5. The molecule has 0 spiro atoms. The molecule has 1 atom stereocenters. The van der Waals surface area contributed by atoms with Gasteiger partial charge in [0.2, 0.25) is 0 Å². The third kappa shape index (κ3) is 5.01. The molecule has 0 fully saturated rings. The van der Waals surface area contributed by atoms with Crippen LogP contribution in [0.3, 0.4) is 0 Å². The maximum Gasteiger partial charge on any atom is 0.338 e. The van der Waals surface area contributed by atoms with Gasteiger partial charge < -0.3 is 19.8 Å². The Morgan fingerprint density at radius 3 is 2.58 bits per heavy atom. The maximum absolute atomic E-state index is 12.3. The van der Waals surface area contributed by atoms with Crippen LogP contribution in [0.2, 0.25) is 0 Å². The lowest BCUT2D eigenvalue weighted by molar-refractivity contribution is -0.125. The number of esters is 1. The van der Waals surface area contributed by atoms with Crippen molar-refractivity contribution in [1.29, 1.82) is 0 Å². The highest BCUT2D eigenvalue weighted by molar-refractivity contribution is 6.02. The van der Waals surface area contributed by atoms with Gasteiger partial charge in [-0.05, 0) is 66.8 Å². The molecule has 31 heavy (non-hydrogen) atoms. The van der Waals surface area contributed by atoms with Crippen LogP contribution in [0.15, 0.2) is 71.3 Å². The normalized spacial score (nSPS) is 14.9. The van der Waals surface area contributed by atoms with Gasteiger partial charge in [-0.25, -0.2) is 4.79 Å². The van der Waals surface area contributed by atoms with Crippen LogP contribution in [-0.2, 0) is 16.0 Å². The molecular weight excluding hydrogens is 396 g/mol. The molecule has 1 aliphatic carbocycles. The zero-order chi connectivity index (χ0) is 21.6. The highest BCUT2D eigenvalue weighted by atomic mass is 16.5. The summed E-state index contributed by atoms with van der Waals surface area (Å²) in [7, 11) is 0. The Morgan fingerprint density at radius 1 is 1.00 bits per heavy atom. The van der Waals surface area contributed by atoms with Gasteiger partial charge >= 0.3 is 5.97 Å². The zero-order valence-electron chi connectivity index (χ0n) is 16.8. The van der Waals surface area contributed by atoms with E-state index in [0.29, 0.717) is 5.69 Å². The SMILES string of the molecule is O=C(COC(=O)c1ccc(NC(=O)c2ccco2)cc1)N[C@H]1CCCc2ccccc21. The van der Waals surface area contributed by atoms with Crippen LogP contribution in [-0.4, -0.2) is 24.4 Å². The highest BCUT2D eigenvalue weighted by Gasteiger charge is 2.22. The number of amides is 2. The van der Waals surface area contributed by atoms with Crippen molar-refractivity contribution in [2.45, 2.75) is 25.3 Å². The molecule has 4 rings (SSSR count). The Morgan fingerprint density at radius 2 is 1.81 bits per heavy atom. The first-order valence-corrected chi connectivity index (χ1v) is 10.1. The molecule has 0 radical (unpaired) electrons. The van der Waals surface area contributed by atoms with Gasteiger partial charge in [-0.3, -0.25) is 9.59 Å². The first-order valence-electron chi connectivity index (χ1n) is 10.1. The second-order valence-electron chi connectivity index (χ2n) is 7.30. The molecule has 0 aliphatic heterocycles. The lowest BCUT2D eigenvalue weighted by Crippen LogP contribution is -2.34. The summed E-state index contributed by atoms with van der Waals surface area (Å²) in [4.78, 5) is 36.5. The number of benzene rings is 2. The minimum absolute atomic E-state index is 0.0618. The Hall–Kier alpha value is -3.87. The van der Waals surface area contributed by atoms with Crippen LogP contribution in [0.25, 0.3) is 0 Å². The standard InChI is InChI=1S/C24H22N2O5/c27-22(26-20-8-3-6-16-5-1-2-7-19(16)20)15-31-24(29)17-10-12-18(13-11-17)25-23(28)21-9-4-14-30-21/h1-2,4-5,7,9-14,20H,3,6,8,15H2,(H,25,28)(H,26,27)/t20-/m0/s1. The van der Waals surface area contributed by atoms with Gasteiger partial charge in [-0.1, -0.05) is 24.3 Å². The summed E-state index contributed by atoms with van der Waals surface area (Å²) in [5.41, 5.74) is 3.16. The van der Waals surface area contributed by atoms with E-state index in [1.807, 2.05) is 18.2 Å². The Balaban J connectivity index is 1.28. The first kappa shape index (κ1) is 20.4. The molecule has 2 N–H and O–H groups in total. The second-order valence-corrected chi connectivity index (χ2v) is 7.30. The number of anilines is 1. The molecule has 0 saturated carbocycles. The fourth-order valence-corrected chi connectivity index (χ4v) is 3.64. The van der Waals surface area contributed by atoms with E-state index in [4.69, 9.17) is 9.15 Å². The predicted molar refractivity (Wildman–Crippen MR) is 114 cm³/mol. The van der Waals surface area contributed by atoms with E-state index >= 15 is 0 Å². The van der Waals surface area contributed by atoms with Crippen molar-refractivity contribution in [3.05, 3.63) is 89.4 Å². The van der Waals surface area contributed by atoms with Gasteiger partial charge in [-0.2, -0.15) is 0 Å². The lowest BCUT2D eigenvalue weighted by atomic mass is 9.88. The molecule has 0 bridgehead atoms. The lowest BCUT2D eigenvalue weighted by Gasteiger charge is -2.26. The predicted octanol–water partition coefficient (Wildman–Crippen LogP) is 3.88. The van der Waals surface area contributed by atoms with E-state index < -0.39 is 5.97 Å². The fraction of sp³-hybridized carbons (Fsp3) is 0.208. The average Bonchev–Trinajstić information content (AvgIpc) is 3.33. The van der Waals surface area contributed by atoms with Crippen molar-refractivity contribution in [3.63, 3.8) is 0 Å². The van der Waals surface area contributed by atoms with Crippen LogP contribution < -0.4 is 10.6 Å². The van der Waals surface area contributed by atoms with E-state index in [1.54, 1.807) is 24.3 Å². The number of carbonyl (C=O) groups is 3. The topological polar surface area (TPSA) is 97.6 Å².